The van der Waals surface area contributed by atoms with E-state index in [9.17, 15) is 8.42 Å². The fourth-order valence-electron chi connectivity index (χ4n) is 3.56. The summed E-state index contributed by atoms with van der Waals surface area (Å²) in [5, 5.41) is 0. The minimum absolute atomic E-state index is 0.441. The van der Waals surface area contributed by atoms with Crippen LogP contribution in [0, 0.1) is 0 Å². The van der Waals surface area contributed by atoms with Gasteiger partial charge in [0.1, 0.15) is 13.2 Å². The predicted octanol–water partition coefficient (Wildman–Crippen LogP) is 0.152. The van der Waals surface area contributed by atoms with Crippen molar-refractivity contribution in [2.24, 2.45) is 0 Å². The van der Waals surface area contributed by atoms with Crippen LogP contribution in [0.25, 0.3) is 0 Å². The van der Waals surface area contributed by atoms with Gasteiger partial charge in [0.25, 0.3) is 10.2 Å². The van der Waals surface area contributed by atoms with Crippen LogP contribution in [0.4, 0.5) is 0 Å². The Balaban J connectivity index is 1.37. The van der Waals surface area contributed by atoms with Gasteiger partial charge in [-0.15, -0.1) is 0 Å². The van der Waals surface area contributed by atoms with E-state index < -0.39 is 10.2 Å². The topological polar surface area (TPSA) is 71.6 Å². The molecule has 9 heteroatoms. The van der Waals surface area contributed by atoms with Crippen molar-refractivity contribution >= 4 is 10.2 Å². The van der Waals surface area contributed by atoms with Gasteiger partial charge in [-0.1, -0.05) is 12.1 Å². The molecule has 8 nitrogen and oxygen atoms in total. The third-order valence-corrected chi connectivity index (χ3v) is 7.03. The number of piperazine rings is 1. The van der Waals surface area contributed by atoms with Crippen molar-refractivity contribution in [2.75, 3.05) is 65.7 Å². The van der Waals surface area contributed by atoms with E-state index in [1.807, 2.05) is 18.2 Å². The predicted molar refractivity (Wildman–Crippen MR) is 95.6 cm³/mol. The highest BCUT2D eigenvalue weighted by Crippen LogP contribution is 2.34. The first-order chi connectivity index (χ1) is 12.6. The number of rotatable bonds is 4. The summed E-state index contributed by atoms with van der Waals surface area (Å²) in [6, 6.07) is 5.94. The van der Waals surface area contributed by atoms with E-state index in [1.54, 1.807) is 4.31 Å². The molecule has 0 aromatic heterocycles. The van der Waals surface area contributed by atoms with Crippen LogP contribution in [-0.4, -0.2) is 87.6 Å². The lowest BCUT2D eigenvalue weighted by Gasteiger charge is -2.37. The van der Waals surface area contributed by atoms with Crippen LogP contribution in [0.1, 0.15) is 5.56 Å². The van der Waals surface area contributed by atoms with E-state index in [0.29, 0.717) is 65.7 Å². The summed E-state index contributed by atoms with van der Waals surface area (Å²) in [6.45, 7) is 6.12. The van der Waals surface area contributed by atoms with Crippen LogP contribution in [0.3, 0.4) is 0 Å². The Morgan fingerprint density at radius 3 is 2.31 bits per heavy atom. The smallest absolute Gasteiger partial charge is 0.282 e. The zero-order chi connectivity index (χ0) is 18.0. The van der Waals surface area contributed by atoms with Crippen molar-refractivity contribution in [2.45, 2.75) is 6.54 Å². The maximum atomic E-state index is 12.7. The summed E-state index contributed by atoms with van der Waals surface area (Å²) in [4.78, 5) is 2.26. The molecule has 3 aliphatic rings. The summed E-state index contributed by atoms with van der Waals surface area (Å²) in [5.74, 6) is 1.62. The Kier molecular flexibility index (Phi) is 5.32. The molecule has 4 rings (SSSR count). The van der Waals surface area contributed by atoms with Crippen molar-refractivity contribution < 1.29 is 22.6 Å². The maximum absolute atomic E-state index is 12.7. The Morgan fingerprint density at radius 1 is 0.846 bits per heavy atom. The average Bonchev–Trinajstić information content (AvgIpc) is 2.69. The number of para-hydroxylation sites is 1. The molecule has 144 valence electrons. The summed E-state index contributed by atoms with van der Waals surface area (Å²) in [7, 11) is -3.38. The molecule has 0 N–H and O–H groups in total. The second kappa shape index (κ2) is 7.69. The van der Waals surface area contributed by atoms with E-state index in [0.717, 1.165) is 23.6 Å². The van der Waals surface area contributed by atoms with Gasteiger partial charge in [-0.05, 0) is 6.07 Å². The van der Waals surface area contributed by atoms with Crippen LogP contribution < -0.4 is 9.47 Å². The molecule has 0 saturated carbocycles. The molecule has 2 fully saturated rings. The van der Waals surface area contributed by atoms with Crippen LogP contribution in [0.5, 0.6) is 11.5 Å². The minimum atomic E-state index is -3.38. The molecule has 0 aliphatic carbocycles. The molecular formula is C17H25N3O5S. The van der Waals surface area contributed by atoms with Crippen LogP contribution in [0.15, 0.2) is 18.2 Å². The zero-order valence-corrected chi connectivity index (χ0v) is 15.6. The molecule has 1 aromatic rings. The quantitative estimate of drug-likeness (QED) is 0.737. The number of hydrogen-bond acceptors (Lipinski definition) is 6. The van der Waals surface area contributed by atoms with Gasteiger partial charge in [0.15, 0.2) is 11.5 Å². The molecule has 1 aromatic carbocycles. The summed E-state index contributed by atoms with van der Waals surface area (Å²) in [5.41, 5.74) is 1.09. The monoisotopic (exact) mass is 383 g/mol. The Hall–Kier alpha value is -1.39. The SMILES string of the molecule is O=S(=O)(N1CCOCC1)N1CCN(Cc2cccc3c2OCCO3)CC1. The molecule has 0 bridgehead atoms. The van der Waals surface area contributed by atoms with Gasteiger partial charge in [-0.3, -0.25) is 4.90 Å². The first-order valence-corrected chi connectivity index (χ1v) is 10.5. The number of hydrogen-bond donors (Lipinski definition) is 0. The van der Waals surface area contributed by atoms with Crippen molar-refractivity contribution in [3.63, 3.8) is 0 Å². The van der Waals surface area contributed by atoms with Crippen LogP contribution in [-0.2, 0) is 21.5 Å². The normalized spacial score (nSPS) is 23.1. The second-order valence-corrected chi connectivity index (χ2v) is 8.56. The molecule has 0 unspecified atom stereocenters. The van der Waals surface area contributed by atoms with Gasteiger partial charge in [0, 0.05) is 51.4 Å². The fourth-order valence-corrected chi connectivity index (χ4v) is 5.12. The summed E-state index contributed by atoms with van der Waals surface area (Å²) in [6.07, 6.45) is 0. The molecule has 0 atom stereocenters. The molecule has 26 heavy (non-hydrogen) atoms. The van der Waals surface area contributed by atoms with E-state index >= 15 is 0 Å². The van der Waals surface area contributed by atoms with Crippen molar-refractivity contribution in [1.82, 2.24) is 13.5 Å². The van der Waals surface area contributed by atoms with Gasteiger partial charge in [0.05, 0.1) is 13.2 Å². The fraction of sp³-hybridized carbons (Fsp3) is 0.647. The molecule has 2 saturated heterocycles. The summed E-state index contributed by atoms with van der Waals surface area (Å²) < 4.78 is 45.3. The van der Waals surface area contributed by atoms with Crippen molar-refractivity contribution in [1.29, 1.82) is 0 Å². The van der Waals surface area contributed by atoms with E-state index in [1.165, 1.54) is 4.31 Å². The first kappa shape index (κ1) is 18.0. The van der Waals surface area contributed by atoms with Crippen molar-refractivity contribution in [3.8, 4) is 11.5 Å². The standard InChI is InChI=1S/C17H25N3O5S/c21-26(22,20-8-10-23-11-9-20)19-6-4-18(5-7-19)14-15-2-1-3-16-17(15)25-13-12-24-16/h1-3H,4-14H2. The first-order valence-electron chi connectivity index (χ1n) is 9.07. The zero-order valence-electron chi connectivity index (χ0n) is 14.8. The minimum Gasteiger partial charge on any atom is -0.486 e. The lowest BCUT2D eigenvalue weighted by atomic mass is 10.1. The third kappa shape index (κ3) is 3.67. The summed E-state index contributed by atoms with van der Waals surface area (Å²) >= 11 is 0. The number of ether oxygens (including phenoxy) is 3. The Morgan fingerprint density at radius 2 is 1.54 bits per heavy atom. The highest BCUT2D eigenvalue weighted by atomic mass is 32.2. The third-order valence-electron chi connectivity index (χ3n) is 5.00. The van der Waals surface area contributed by atoms with E-state index in [4.69, 9.17) is 14.2 Å². The average molecular weight is 383 g/mol. The van der Waals surface area contributed by atoms with Crippen molar-refractivity contribution in [3.05, 3.63) is 23.8 Å². The van der Waals surface area contributed by atoms with Gasteiger partial charge in [-0.25, -0.2) is 0 Å². The molecule has 3 aliphatic heterocycles. The molecular weight excluding hydrogens is 358 g/mol. The van der Waals surface area contributed by atoms with E-state index in [2.05, 4.69) is 4.90 Å². The van der Waals surface area contributed by atoms with Gasteiger partial charge in [0.2, 0.25) is 0 Å². The lowest BCUT2D eigenvalue weighted by Crippen LogP contribution is -2.54. The Bertz CT molecular complexity index is 728. The molecule has 3 heterocycles. The maximum Gasteiger partial charge on any atom is 0.282 e. The van der Waals surface area contributed by atoms with Crippen LogP contribution in [0.2, 0.25) is 0 Å². The van der Waals surface area contributed by atoms with E-state index in [-0.39, 0.29) is 0 Å². The molecule has 0 spiro atoms. The second-order valence-electron chi connectivity index (χ2n) is 6.64. The van der Waals surface area contributed by atoms with Crippen LogP contribution >= 0.6 is 0 Å². The number of nitrogens with zero attached hydrogens (tertiary/aromatic N) is 3. The van der Waals surface area contributed by atoms with Gasteiger partial charge < -0.3 is 14.2 Å². The van der Waals surface area contributed by atoms with Gasteiger partial charge in [-0.2, -0.15) is 17.0 Å². The molecule has 0 radical (unpaired) electrons. The molecule has 0 amide bonds. The lowest BCUT2D eigenvalue weighted by molar-refractivity contribution is 0.0683. The largest absolute Gasteiger partial charge is 0.486 e. The highest BCUT2D eigenvalue weighted by molar-refractivity contribution is 7.86. The highest BCUT2D eigenvalue weighted by Gasteiger charge is 2.33. The number of fused-ring (bicyclic) bond motifs is 1. The Labute approximate surface area is 154 Å². The number of morpholine rings is 1. The number of benzene rings is 1. The van der Waals surface area contributed by atoms with Gasteiger partial charge >= 0.3 is 0 Å².